The Morgan fingerprint density at radius 2 is 2.25 bits per heavy atom. The second-order valence-corrected chi connectivity index (χ2v) is 5.28. The normalized spacial score (nSPS) is 15.5. The van der Waals surface area contributed by atoms with Crippen LogP contribution in [-0.4, -0.2) is 46.8 Å². The molecule has 8 heteroatoms. The van der Waals surface area contributed by atoms with Crippen LogP contribution in [0.5, 0.6) is 0 Å². The maximum Gasteiger partial charge on any atom is 0.288 e. The SMILES string of the molecule is CC(C)NC(=O)/C(C#N)=C\NCCN1C(=O)CSC1=O. The fraction of sp³-hybridized carbons (Fsp3) is 0.500. The van der Waals surface area contributed by atoms with Crippen molar-refractivity contribution in [1.82, 2.24) is 15.5 Å². The number of carbonyl (C=O) groups excluding carboxylic acids is 3. The Morgan fingerprint density at radius 1 is 1.55 bits per heavy atom. The van der Waals surface area contributed by atoms with Gasteiger partial charge in [-0.25, -0.2) is 0 Å². The van der Waals surface area contributed by atoms with Crippen molar-refractivity contribution < 1.29 is 14.4 Å². The van der Waals surface area contributed by atoms with Gasteiger partial charge in [0.2, 0.25) is 5.91 Å². The molecule has 1 heterocycles. The molecule has 0 spiro atoms. The van der Waals surface area contributed by atoms with Crippen molar-refractivity contribution in [3.8, 4) is 6.07 Å². The Kier molecular flexibility index (Phi) is 6.06. The molecule has 1 rings (SSSR count). The molecule has 1 aliphatic heterocycles. The standard InChI is InChI=1S/C12H16N4O3S/c1-8(2)15-11(18)9(5-13)6-14-3-4-16-10(17)7-20-12(16)19/h6,8,14H,3-4,7H2,1-2H3,(H,15,18)/b9-6-. The third-order valence-electron chi connectivity index (χ3n) is 2.35. The van der Waals surface area contributed by atoms with Crippen LogP contribution in [0.2, 0.25) is 0 Å². The number of carbonyl (C=O) groups is 3. The van der Waals surface area contributed by atoms with Gasteiger partial charge in [0, 0.05) is 25.3 Å². The Bertz CT molecular complexity index is 466. The zero-order valence-electron chi connectivity index (χ0n) is 11.3. The number of nitriles is 1. The molecule has 1 fully saturated rings. The smallest absolute Gasteiger partial charge is 0.288 e. The summed E-state index contributed by atoms with van der Waals surface area (Å²) in [5, 5.41) is 14.0. The zero-order valence-corrected chi connectivity index (χ0v) is 12.1. The molecule has 0 aromatic heterocycles. The summed E-state index contributed by atoms with van der Waals surface area (Å²) in [5.74, 6) is -0.503. The van der Waals surface area contributed by atoms with Crippen molar-refractivity contribution in [2.24, 2.45) is 0 Å². The molecule has 0 saturated carbocycles. The van der Waals surface area contributed by atoms with Crippen molar-refractivity contribution in [2.45, 2.75) is 19.9 Å². The molecule has 2 N–H and O–H groups in total. The first-order valence-electron chi connectivity index (χ1n) is 6.07. The zero-order chi connectivity index (χ0) is 15.1. The molecule has 7 nitrogen and oxygen atoms in total. The number of hydrogen-bond acceptors (Lipinski definition) is 6. The average molecular weight is 296 g/mol. The number of hydrogen-bond donors (Lipinski definition) is 2. The molecule has 0 aromatic rings. The van der Waals surface area contributed by atoms with Crippen molar-refractivity contribution >= 4 is 28.8 Å². The van der Waals surface area contributed by atoms with E-state index in [4.69, 9.17) is 5.26 Å². The molecule has 0 unspecified atom stereocenters. The van der Waals surface area contributed by atoms with Crippen LogP contribution in [0.25, 0.3) is 0 Å². The number of imide groups is 1. The predicted molar refractivity (Wildman–Crippen MR) is 74.5 cm³/mol. The summed E-state index contributed by atoms with van der Waals surface area (Å²) < 4.78 is 0. The van der Waals surface area contributed by atoms with Gasteiger partial charge in [0.1, 0.15) is 11.6 Å². The highest BCUT2D eigenvalue weighted by molar-refractivity contribution is 8.14. The quantitative estimate of drug-likeness (QED) is 0.412. The van der Waals surface area contributed by atoms with Crippen LogP contribution in [0.1, 0.15) is 13.8 Å². The molecule has 108 valence electrons. The first-order valence-corrected chi connectivity index (χ1v) is 7.06. The van der Waals surface area contributed by atoms with E-state index in [0.29, 0.717) is 0 Å². The molecular weight excluding hydrogens is 280 g/mol. The molecular formula is C12H16N4O3S. The third kappa shape index (κ3) is 4.59. The van der Waals surface area contributed by atoms with Crippen molar-refractivity contribution in [2.75, 3.05) is 18.8 Å². The number of thioether (sulfide) groups is 1. The lowest BCUT2D eigenvalue weighted by Gasteiger charge is -2.12. The van der Waals surface area contributed by atoms with E-state index in [1.54, 1.807) is 19.9 Å². The van der Waals surface area contributed by atoms with E-state index >= 15 is 0 Å². The third-order valence-corrected chi connectivity index (χ3v) is 3.21. The van der Waals surface area contributed by atoms with Crippen molar-refractivity contribution in [3.63, 3.8) is 0 Å². The van der Waals surface area contributed by atoms with Crippen LogP contribution < -0.4 is 10.6 Å². The second kappa shape index (κ2) is 7.55. The van der Waals surface area contributed by atoms with Gasteiger partial charge < -0.3 is 10.6 Å². The molecule has 3 amide bonds. The molecule has 1 aliphatic rings. The number of nitrogens with zero attached hydrogens (tertiary/aromatic N) is 2. The van der Waals surface area contributed by atoms with Gasteiger partial charge in [-0.3, -0.25) is 19.3 Å². The lowest BCUT2D eigenvalue weighted by atomic mass is 10.2. The fourth-order valence-corrected chi connectivity index (χ4v) is 2.19. The minimum absolute atomic E-state index is 0.0489. The fourth-order valence-electron chi connectivity index (χ4n) is 1.44. The predicted octanol–water partition coefficient (Wildman–Crippen LogP) is 0.203. The Morgan fingerprint density at radius 3 is 2.75 bits per heavy atom. The lowest BCUT2D eigenvalue weighted by molar-refractivity contribution is -0.124. The van der Waals surface area contributed by atoms with Crippen molar-refractivity contribution in [3.05, 3.63) is 11.8 Å². The molecule has 0 bridgehead atoms. The summed E-state index contributed by atoms with van der Waals surface area (Å²) in [7, 11) is 0. The minimum atomic E-state index is -0.459. The van der Waals surface area contributed by atoms with E-state index in [1.165, 1.54) is 6.20 Å². The van der Waals surface area contributed by atoms with Crippen LogP contribution in [-0.2, 0) is 9.59 Å². The monoisotopic (exact) mass is 296 g/mol. The highest BCUT2D eigenvalue weighted by atomic mass is 32.2. The van der Waals surface area contributed by atoms with Gasteiger partial charge in [-0.05, 0) is 13.8 Å². The van der Waals surface area contributed by atoms with Gasteiger partial charge in [-0.1, -0.05) is 11.8 Å². The Hall–Kier alpha value is -2.01. The molecule has 1 saturated heterocycles. The maximum absolute atomic E-state index is 11.6. The summed E-state index contributed by atoms with van der Waals surface area (Å²) in [6, 6.07) is 1.73. The van der Waals surface area contributed by atoms with E-state index in [1.807, 2.05) is 0 Å². The van der Waals surface area contributed by atoms with Gasteiger partial charge in [-0.2, -0.15) is 5.26 Å². The first-order chi connectivity index (χ1) is 9.45. The molecule has 0 aliphatic carbocycles. The van der Waals surface area contributed by atoms with Crippen LogP contribution in [0, 0.1) is 11.3 Å². The van der Waals surface area contributed by atoms with Crippen LogP contribution >= 0.6 is 11.8 Å². The minimum Gasteiger partial charge on any atom is -0.388 e. The summed E-state index contributed by atoms with van der Waals surface area (Å²) in [4.78, 5) is 35.3. The largest absolute Gasteiger partial charge is 0.388 e. The Labute approximate surface area is 121 Å². The summed E-state index contributed by atoms with van der Waals surface area (Å²) in [6.45, 7) is 4.09. The molecule has 0 radical (unpaired) electrons. The number of nitrogens with one attached hydrogen (secondary N) is 2. The topological polar surface area (TPSA) is 102 Å². The van der Waals surface area contributed by atoms with E-state index in [0.717, 1.165) is 16.7 Å². The van der Waals surface area contributed by atoms with E-state index in [-0.39, 0.29) is 41.6 Å². The molecule has 20 heavy (non-hydrogen) atoms. The molecule has 0 atom stereocenters. The van der Waals surface area contributed by atoms with E-state index < -0.39 is 5.91 Å². The Balaban J connectivity index is 2.42. The van der Waals surface area contributed by atoms with E-state index in [9.17, 15) is 14.4 Å². The van der Waals surface area contributed by atoms with Crippen LogP contribution in [0.15, 0.2) is 11.8 Å². The van der Waals surface area contributed by atoms with Crippen molar-refractivity contribution in [1.29, 1.82) is 5.26 Å². The summed E-state index contributed by atoms with van der Waals surface area (Å²) in [5.41, 5.74) is -0.0489. The summed E-state index contributed by atoms with van der Waals surface area (Å²) in [6.07, 6.45) is 1.29. The first kappa shape index (κ1) is 16.0. The number of rotatable bonds is 6. The highest BCUT2D eigenvalue weighted by Crippen LogP contribution is 2.17. The highest BCUT2D eigenvalue weighted by Gasteiger charge is 2.28. The average Bonchev–Trinajstić information content (AvgIpc) is 2.69. The lowest BCUT2D eigenvalue weighted by Crippen LogP contribution is -2.35. The van der Waals surface area contributed by atoms with E-state index in [2.05, 4.69) is 10.6 Å². The van der Waals surface area contributed by atoms with Crippen LogP contribution in [0.4, 0.5) is 4.79 Å². The van der Waals surface area contributed by atoms with Gasteiger partial charge in [0.05, 0.1) is 5.75 Å². The van der Waals surface area contributed by atoms with Gasteiger partial charge in [0.15, 0.2) is 0 Å². The van der Waals surface area contributed by atoms with Gasteiger partial charge in [0.25, 0.3) is 11.1 Å². The van der Waals surface area contributed by atoms with Gasteiger partial charge >= 0.3 is 0 Å². The molecule has 0 aromatic carbocycles. The van der Waals surface area contributed by atoms with Gasteiger partial charge in [-0.15, -0.1) is 0 Å². The number of amides is 3. The van der Waals surface area contributed by atoms with Crippen LogP contribution in [0.3, 0.4) is 0 Å². The summed E-state index contributed by atoms with van der Waals surface area (Å²) >= 11 is 0.972. The second-order valence-electron chi connectivity index (χ2n) is 4.35. The maximum atomic E-state index is 11.6.